The molecule has 2 aliphatic rings. The van der Waals surface area contributed by atoms with Crippen molar-refractivity contribution in [1.82, 2.24) is 10.2 Å². The van der Waals surface area contributed by atoms with Gasteiger partial charge in [-0.1, -0.05) is 12.1 Å². The zero-order valence-electron chi connectivity index (χ0n) is 18.3. The summed E-state index contributed by atoms with van der Waals surface area (Å²) in [5.74, 6) is -0.420. The first-order valence-electron chi connectivity index (χ1n) is 11.2. The van der Waals surface area contributed by atoms with E-state index in [2.05, 4.69) is 10.0 Å². The van der Waals surface area contributed by atoms with Gasteiger partial charge in [0.1, 0.15) is 6.04 Å². The van der Waals surface area contributed by atoms with Crippen molar-refractivity contribution in [2.24, 2.45) is 0 Å². The van der Waals surface area contributed by atoms with E-state index in [-0.39, 0.29) is 16.7 Å². The summed E-state index contributed by atoms with van der Waals surface area (Å²) in [4.78, 5) is 27.2. The van der Waals surface area contributed by atoms with Gasteiger partial charge in [0.05, 0.1) is 4.90 Å². The maximum atomic E-state index is 13.1. The van der Waals surface area contributed by atoms with Crippen LogP contribution in [0.1, 0.15) is 54.1 Å². The SMILES string of the molecule is CCNC(=O)C1CCCN1C(=O)c1cccc(NS(=O)(=O)c2ccc3c(c2)CCCC3)c1. The molecule has 170 valence electrons. The van der Waals surface area contributed by atoms with Gasteiger partial charge in [-0.05, 0) is 86.9 Å². The van der Waals surface area contributed by atoms with Gasteiger partial charge in [-0.3, -0.25) is 14.3 Å². The van der Waals surface area contributed by atoms with E-state index in [1.54, 1.807) is 35.2 Å². The molecule has 2 N–H and O–H groups in total. The number of hydrogen-bond donors (Lipinski definition) is 2. The van der Waals surface area contributed by atoms with Crippen LogP contribution in [0.5, 0.6) is 0 Å². The number of rotatable bonds is 6. The highest BCUT2D eigenvalue weighted by molar-refractivity contribution is 7.92. The van der Waals surface area contributed by atoms with Crippen molar-refractivity contribution < 1.29 is 18.0 Å². The number of fused-ring (bicyclic) bond motifs is 1. The van der Waals surface area contributed by atoms with Crippen molar-refractivity contribution in [3.8, 4) is 0 Å². The molecule has 0 radical (unpaired) electrons. The number of hydrogen-bond acceptors (Lipinski definition) is 4. The molecule has 4 rings (SSSR count). The normalized spacial score (nSPS) is 18.2. The van der Waals surface area contributed by atoms with Crippen LogP contribution >= 0.6 is 0 Å². The van der Waals surface area contributed by atoms with Gasteiger partial charge in [0.2, 0.25) is 5.91 Å². The number of likely N-dealkylation sites (tertiary alicyclic amines) is 1. The predicted octanol–water partition coefficient (Wildman–Crippen LogP) is 3.11. The molecule has 2 aromatic rings. The van der Waals surface area contributed by atoms with Gasteiger partial charge in [-0.25, -0.2) is 8.42 Å². The molecule has 0 aromatic heterocycles. The van der Waals surface area contributed by atoms with Gasteiger partial charge >= 0.3 is 0 Å². The van der Waals surface area contributed by atoms with Crippen LogP contribution in [0, 0.1) is 0 Å². The van der Waals surface area contributed by atoms with Crippen LogP contribution in [-0.2, 0) is 27.7 Å². The first kappa shape index (κ1) is 22.3. The number of aryl methyl sites for hydroxylation is 2. The van der Waals surface area contributed by atoms with E-state index < -0.39 is 16.1 Å². The Morgan fingerprint density at radius 3 is 2.59 bits per heavy atom. The smallest absolute Gasteiger partial charge is 0.261 e. The predicted molar refractivity (Wildman–Crippen MR) is 123 cm³/mol. The second-order valence-electron chi connectivity index (χ2n) is 8.38. The maximum absolute atomic E-state index is 13.1. The largest absolute Gasteiger partial charge is 0.355 e. The van der Waals surface area contributed by atoms with Crippen LogP contribution in [0.3, 0.4) is 0 Å². The van der Waals surface area contributed by atoms with Crippen LogP contribution in [0.4, 0.5) is 5.69 Å². The Morgan fingerprint density at radius 1 is 1.03 bits per heavy atom. The molecular formula is C24H29N3O4S. The zero-order chi connectivity index (χ0) is 22.7. The molecule has 1 atom stereocenters. The minimum absolute atomic E-state index is 0.150. The van der Waals surface area contributed by atoms with E-state index in [0.29, 0.717) is 30.8 Å². The summed E-state index contributed by atoms with van der Waals surface area (Å²) in [7, 11) is -3.78. The van der Waals surface area contributed by atoms with Crippen LogP contribution in [0.2, 0.25) is 0 Å². The molecule has 1 fully saturated rings. The van der Waals surface area contributed by atoms with E-state index in [4.69, 9.17) is 0 Å². The molecule has 32 heavy (non-hydrogen) atoms. The van der Waals surface area contributed by atoms with E-state index in [1.165, 1.54) is 11.6 Å². The van der Waals surface area contributed by atoms with Crippen LogP contribution in [0.25, 0.3) is 0 Å². The topological polar surface area (TPSA) is 95.6 Å². The summed E-state index contributed by atoms with van der Waals surface area (Å²) in [6.45, 7) is 2.86. The average Bonchev–Trinajstić information content (AvgIpc) is 3.28. The van der Waals surface area contributed by atoms with E-state index >= 15 is 0 Å². The number of sulfonamides is 1. The Hall–Kier alpha value is -2.87. The summed E-state index contributed by atoms with van der Waals surface area (Å²) in [5, 5.41) is 2.78. The van der Waals surface area contributed by atoms with Gasteiger partial charge in [-0.15, -0.1) is 0 Å². The fourth-order valence-corrected chi connectivity index (χ4v) is 5.65. The number of anilines is 1. The lowest BCUT2D eigenvalue weighted by atomic mass is 9.92. The van der Waals surface area contributed by atoms with Crippen molar-refractivity contribution in [3.05, 3.63) is 59.2 Å². The number of nitrogens with zero attached hydrogens (tertiary/aromatic N) is 1. The summed E-state index contributed by atoms with van der Waals surface area (Å²) in [6, 6.07) is 11.3. The highest BCUT2D eigenvalue weighted by atomic mass is 32.2. The van der Waals surface area contributed by atoms with Gasteiger partial charge in [0.25, 0.3) is 15.9 Å². The van der Waals surface area contributed by atoms with Crippen molar-refractivity contribution in [2.45, 2.75) is 56.4 Å². The van der Waals surface area contributed by atoms with Crippen molar-refractivity contribution in [1.29, 1.82) is 0 Å². The second-order valence-corrected chi connectivity index (χ2v) is 10.1. The molecule has 1 aliphatic carbocycles. The third kappa shape index (κ3) is 4.65. The molecule has 1 saturated heterocycles. The summed E-state index contributed by atoms with van der Waals surface area (Å²) < 4.78 is 28.6. The molecule has 0 bridgehead atoms. The Bertz CT molecular complexity index is 1130. The standard InChI is InChI=1S/C24H29N3O4S/c1-2-25-23(28)22-11-6-14-27(22)24(29)19-9-5-10-20(15-19)26-32(30,31)21-13-12-17-7-3-4-8-18(17)16-21/h5,9-10,12-13,15-16,22,26H,2-4,6-8,11,14H2,1H3,(H,25,28). The molecule has 2 amide bonds. The van der Waals surface area contributed by atoms with E-state index in [1.807, 2.05) is 13.0 Å². The Balaban J connectivity index is 1.53. The fraction of sp³-hybridized carbons (Fsp3) is 0.417. The first-order chi connectivity index (χ1) is 15.4. The monoisotopic (exact) mass is 455 g/mol. The molecule has 2 aromatic carbocycles. The highest BCUT2D eigenvalue weighted by Gasteiger charge is 2.34. The number of benzene rings is 2. The van der Waals surface area contributed by atoms with Gasteiger partial charge < -0.3 is 10.2 Å². The number of carbonyl (C=O) groups is 2. The second kappa shape index (κ2) is 9.32. The van der Waals surface area contributed by atoms with Crippen LogP contribution < -0.4 is 10.0 Å². The highest BCUT2D eigenvalue weighted by Crippen LogP contribution is 2.26. The first-order valence-corrected chi connectivity index (χ1v) is 12.7. The van der Waals surface area contributed by atoms with Crippen molar-refractivity contribution >= 4 is 27.5 Å². The molecule has 1 aliphatic heterocycles. The van der Waals surface area contributed by atoms with Crippen LogP contribution in [0.15, 0.2) is 47.4 Å². The van der Waals surface area contributed by atoms with Gasteiger partial charge in [-0.2, -0.15) is 0 Å². The molecule has 7 nitrogen and oxygen atoms in total. The summed E-state index contributed by atoms with van der Waals surface area (Å²) in [5.41, 5.74) is 2.98. The van der Waals surface area contributed by atoms with Gasteiger partial charge in [0.15, 0.2) is 0 Å². The lowest BCUT2D eigenvalue weighted by Gasteiger charge is -2.24. The minimum Gasteiger partial charge on any atom is -0.355 e. The number of nitrogens with one attached hydrogen (secondary N) is 2. The molecule has 1 unspecified atom stereocenters. The molecule has 1 heterocycles. The maximum Gasteiger partial charge on any atom is 0.261 e. The summed E-state index contributed by atoms with van der Waals surface area (Å²) >= 11 is 0. The molecule has 0 saturated carbocycles. The molecule has 0 spiro atoms. The molecular weight excluding hydrogens is 426 g/mol. The lowest BCUT2D eigenvalue weighted by molar-refractivity contribution is -0.124. The third-order valence-electron chi connectivity index (χ3n) is 6.16. The van der Waals surface area contributed by atoms with Crippen molar-refractivity contribution in [3.63, 3.8) is 0 Å². The molecule has 8 heteroatoms. The number of amides is 2. The zero-order valence-corrected chi connectivity index (χ0v) is 19.1. The minimum atomic E-state index is -3.78. The number of likely N-dealkylation sites (N-methyl/N-ethyl adjacent to an activating group) is 1. The summed E-state index contributed by atoms with van der Waals surface area (Å²) in [6.07, 6.45) is 5.48. The third-order valence-corrected chi connectivity index (χ3v) is 7.54. The van der Waals surface area contributed by atoms with E-state index in [0.717, 1.165) is 37.7 Å². The Kier molecular flexibility index (Phi) is 6.50. The average molecular weight is 456 g/mol. The lowest BCUT2D eigenvalue weighted by Crippen LogP contribution is -2.45. The number of carbonyl (C=O) groups excluding carboxylic acids is 2. The Labute approximate surface area is 189 Å². The van der Waals surface area contributed by atoms with Gasteiger partial charge in [0, 0.05) is 24.3 Å². The quantitative estimate of drug-likeness (QED) is 0.700. The van der Waals surface area contributed by atoms with E-state index in [9.17, 15) is 18.0 Å². The van der Waals surface area contributed by atoms with Crippen molar-refractivity contribution in [2.75, 3.05) is 17.8 Å². The van der Waals surface area contributed by atoms with Crippen LogP contribution in [-0.4, -0.2) is 44.3 Å². The Morgan fingerprint density at radius 2 is 1.81 bits per heavy atom. The fourth-order valence-electron chi connectivity index (χ4n) is 4.55.